The molecular weight excluding hydrogens is 690 g/mol. The van der Waals surface area contributed by atoms with Gasteiger partial charge in [0.1, 0.15) is 18.0 Å². The molecule has 0 aliphatic carbocycles. The van der Waals surface area contributed by atoms with Gasteiger partial charge in [-0.15, -0.1) is 0 Å². The summed E-state index contributed by atoms with van der Waals surface area (Å²) in [6, 6.07) is 24.6. The molecule has 0 N–H and O–H groups in total. The number of hydrogen-bond donors (Lipinski definition) is 0. The largest absolute Gasteiger partial charge is 0.494 e. The first-order valence-corrected chi connectivity index (χ1v) is 14.7. The Morgan fingerprint density at radius 2 is 1.69 bits per heavy atom. The monoisotopic (exact) mass is 716 g/mol. The van der Waals surface area contributed by atoms with Gasteiger partial charge in [-0.05, 0) is 48.2 Å². The normalized spacial score (nSPS) is 28.3. The van der Waals surface area contributed by atoms with Crippen LogP contribution in [0.3, 0.4) is 0 Å². The number of halogens is 3. The highest BCUT2D eigenvalue weighted by atomic mass is 127. The molecule has 7 heteroatoms. The number of ether oxygens (including phenoxy) is 4. The van der Waals surface area contributed by atoms with Gasteiger partial charge in [-0.1, -0.05) is 111 Å². The van der Waals surface area contributed by atoms with Crippen LogP contribution in [-0.2, 0) is 20.6 Å². The third-order valence-corrected chi connectivity index (χ3v) is 11.0. The molecule has 0 saturated carbocycles. The maximum Gasteiger partial charge on any atom is 0.184 e. The first-order valence-electron chi connectivity index (χ1n) is 11.8. The van der Waals surface area contributed by atoms with Crippen molar-refractivity contribution in [1.29, 1.82) is 0 Å². The zero-order valence-corrected chi connectivity index (χ0v) is 24.4. The lowest BCUT2D eigenvalue weighted by atomic mass is 9.93. The highest BCUT2D eigenvalue weighted by molar-refractivity contribution is 14.1. The predicted molar refractivity (Wildman–Crippen MR) is 155 cm³/mol. The van der Waals surface area contributed by atoms with Crippen LogP contribution in [0.2, 0.25) is 5.02 Å². The van der Waals surface area contributed by atoms with Crippen molar-refractivity contribution in [2.24, 2.45) is 0 Å². The zero-order valence-electron chi connectivity index (χ0n) is 19.3. The maximum atomic E-state index is 6.61. The van der Waals surface area contributed by atoms with Crippen molar-refractivity contribution in [3.05, 3.63) is 100 Å². The van der Waals surface area contributed by atoms with E-state index in [1.165, 1.54) is 5.56 Å². The Morgan fingerprint density at radius 1 is 0.914 bits per heavy atom. The van der Waals surface area contributed by atoms with Gasteiger partial charge in [0.05, 0.1) is 27.2 Å². The van der Waals surface area contributed by atoms with Gasteiger partial charge >= 0.3 is 0 Å². The summed E-state index contributed by atoms with van der Waals surface area (Å²) in [5.41, 5.74) is 4.46. The molecule has 2 fully saturated rings. The van der Waals surface area contributed by atoms with Crippen LogP contribution in [0, 0.1) is 0 Å². The molecule has 5 rings (SSSR count). The second-order valence-corrected chi connectivity index (χ2v) is 12.0. The number of fused-ring (bicyclic) bond motifs is 1. The zero-order chi connectivity index (χ0) is 24.4. The Labute approximate surface area is 238 Å². The van der Waals surface area contributed by atoms with E-state index < -0.39 is 0 Å². The molecule has 35 heavy (non-hydrogen) atoms. The van der Waals surface area contributed by atoms with Crippen molar-refractivity contribution < 1.29 is 18.9 Å². The average molecular weight is 717 g/mol. The van der Waals surface area contributed by atoms with E-state index in [9.17, 15) is 0 Å². The molecule has 3 aromatic carbocycles. The number of hydrogen-bond acceptors (Lipinski definition) is 4. The Kier molecular flexibility index (Phi) is 8.56. The van der Waals surface area contributed by atoms with Crippen molar-refractivity contribution in [3.8, 4) is 5.75 Å². The van der Waals surface area contributed by atoms with E-state index in [4.69, 9.17) is 30.5 Å². The smallest absolute Gasteiger partial charge is 0.184 e. The molecule has 3 aromatic rings. The van der Waals surface area contributed by atoms with Crippen LogP contribution in [0.15, 0.2) is 72.8 Å². The van der Waals surface area contributed by atoms with Gasteiger partial charge < -0.3 is 18.9 Å². The van der Waals surface area contributed by atoms with Gasteiger partial charge in [0.25, 0.3) is 0 Å². The summed E-state index contributed by atoms with van der Waals surface area (Å²) >= 11 is 11.6. The standard InChI is InChI=1S/C28H27ClI2O4/c1-2-32-21-11-8-17(9-12-21)14-20-15-19(10-13-22(20)29)26-24(30)25(31)27-23(34-26)16-33-28(35-27)18-6-4-3-5-7-18/h3-13,15,23-28H,2,14,16H2,1H3. The molecule has 0 bridgehead atoms. The third-order valence-electron chi connectivity index (χ3n) is 6.39. The molecule has 0 amide bonds. The summed E-state index contributed by atoms with van der Waals surface area (Å²) < 4.78 is 25.2. The highest BCUT2D eigenvalue weighted by Crippen LogP contribution is 2.45. The van der Waals surface area contributed by atoms with E-state index in [-0.39, 0.29) is 32.5 Å². The fourth-order valence-corrected chi connectivity index (χ4v) is 6.79. The van der Waals surface area contributed by atoms with E-state index >= 15 is 0 Å². The second-order valence-electron chi connectivity index (χ2n) is 8.77. The van der Waals surface area contributed by atoms with E-state index in [0.717, 1.165) is 33.9 Å². The molecule has 6 atom stereocenters. The topological polar surface area (TPSA) is 36.9 Å². The van der Waals surface area contributed by atoms with Crippen LogP contribution in [0.4, 0.5) is 0 Å². The van der Waals surface area contributed by atoms with Crippen LogP contribution in [0.5, 0.6) is 5.75 Å². The van der Waals surface area contributed by atoms with Crippen molar-refractivity contribution in [1.82, 2.24) is 0 Å². The SMILES string of the molecule is CCOc1ccc(Cc2cc(C3OC4COC(c5ccccc5)OC4C(I)C3I)ccc2Cl)cc1. The van der Waals surface area contributed by atoms with Gasteiger partial charge in [-0.2, -0.15) is 0 Å². The Bertz CT molecular complexity index is 1130. The van der Waals surface area contributed by atoms with Crippen molar-refractivity contribution in [2.45, 2.75) is 45.8 Å². The van der Waals surface area contributed by atoms with E-state index in [1.54, 1.807) is 0 Å². The first-order chi connectivity index (χ1) is 17.0. The Morgan fingerprint density at radius 3 is 2.43 bits per heavy atom. The molecular formula is C28H27ClI2O4. The molecule has 0 spiro atoms. The van der Waals surface area contributed by atoms with Crippen LogP contribution in [0.1, 0.15) is 41.6 Å². The lowest BCUT2D eigenvalue weighted by Crippen LogP contribution is -2.55. The summed E-state index contributed by atoms with van der Waals surface area (Å²) in [7, 11) is 0. The maximum absolute atomic E-state index is 6.61. The van der Waals surface area contributed by atoms with Gasteiger partial charge in [0.2, 0.25) is 0 Å². The fraction of sp³-hybridized carbons (Fsp3) is 0.357. The average Bonchev–Trinajstić information content (AvgIpc) is 2.89. The van der Waals surface area contributed by atoms with Gasteiger partial charge in [0, 0.05) is 10.6 Å². The molecule has 2 aliphatic rings. The third kappa shape index (κ3) is 5.83. The highest BCUT2D eigenvalue weighted by Gasteiger charge is 2.48. The molecule has 2 saturated heterocycles. The summed E-state index contributed by atoms with van der Waals surface area (Å²) in [6.45, 7) is 3.16. The first kappa shape index (κ1) is 25.7. The van der Waals surface area contributed by atoms with Crippen molar-refractivity contribution >= 4 is 56.8 Å². The van der Waals surface area contributed by atoms with E-state index in [1.807, 2.05) is 55.5 Å². The predicted octanol–water partition coefficient (Wildman–Crippen LogP) is 7.49. The minimum absolute atomic E-state index is 0.0247. The molecule has 184 valence electrons. The van der Waals surface area contributed by atoms with Crippen LogP contribution < -0.4 is 4.74 Å². The van der Waals surface area contributed by atoms with E-state index in [0.29, 0.717) is 13.2 Å². The minimum atomic E-state index is -0.352. The van der Waals surface area contributed by atoms with Gasteiger partial charge in [0.15, 0.2) is 6.29 Å². The summed E-state index contributed by atoms with van der Waals surface area (Å²) in [4.78, 5) is 0. The van der Waals surface area contributed by atoms with Crippen molar-refractivity contribution in [2.75, 3.05) is 13.2 Å². The molecule has 0 radical (unpaired) electrons. The van der Waals surface area contributed by atoms with Gasteiger partial charge in [-0.25, -0.2) is 0 Å². The molecule has 0 aromatic heterocycles. The molecule has 2 aliphatic heterocycles. The number of alkyl halides is 2. The summed E-state index contributed by atoms with van der Waals surface area (Å²) in [5, 5.41) is 0.766. The number of rotatable bonds is 6. The Balaban J connectivity index is 1.32. The molecule has 6 unspecified atom stereocenters. The van der Waals surface area contributed by atoms with Crippen LogP contribution in [-0.4, -0.2) is 33.3 Å². The van der Waals surface area contributed by atoms with E-state index in [2.05, 4.69) is 69.4 Å². The summed E-state index contributed by atoms with van der Waals surface area (Å²) in [6.07, 6.45) is 0.203. The lowest BCUT2D eigenvalue weighted by Gasteiger charge is -2.47. The second kappa shape index (κ2) is 11.6. The van der Waals surface area contributed by atoms with Crippen LogP contribution >= 0.6 is 56.8 Å². The molecule has 4 nitrogen and oxygen atoms in total. The quantitative estimate of drug-likeness (QED) is 0.196. The fourth-order valence-electron chi connectivity index (χ4n) is 4.60. The summed E-state index contributed by atoms with van der Waals surface area (Å²) in [5.74, 6) is 0.883. The number of benzene rings is 3. The molecule has 2 heterocycles. The minimum Gasteiger partial charge on any atom is -0.494 e. The van der Waals surface area contributed by atoms with Crippen molar-refractivity contribution in [3.63, 3.8) is 0 Å². The van der Waals surface area contributed by atoms with Crippen LogP contribution in [0.25, 0.3) is 0 Å². The lowest BCUT2D eigenvalue weighted by molar-refractivity contribution is -0.283. The Hall–Kier alpha value is -0.910. The van der Waals surface area contributed by atoms with Gasteiger partial charge in [-0.3, -0.25) is 0 Å².